The zero-order valence-corrected chi connectivity index (χ0v) is 15.1. The van der Waals surface area contributed by atoms with E-state index in [4.69, 9.17) is 14.2 Å². The van der Waals surface area contributed by atoms with E-state index in [1.165, 1.54) is 14.2 Å². The average molecular weight is 333 g/mol. The fraction of sp³-hybridized carbons (Fsp3) is 0.444. The van der Waals surface area contributed by atoms with E-state index in [2.05, 4.69) is 0 Å². The number of nitrogens with zero attached hydrogens (tertiary/aromatic N) is 1. The molecule has 1 aromatic carbocycles. The van der Waals surface area contributed by atoms with Crippen LogP contribution in [0, 0.1) is 0 Å². The molecule has 0 saturated carbocycles. The number of anilines is 1. The van der Waals surface area contributed by atoms with Gasteiger partial charge in [-0.15, -0.1) is 0 Å². The molecule has 1 aromatic rings. The Balaban J connectivity index is 2.71. The summed E-state index contributed by atoms with van der Waals surface area (Å²) in [6.07, 6.45) is -0.739. The minimum absolute atomic E-state index is 0.324. The minimum Gasteiger partial charge on any atom is -0.493 e. The van der Waals surface area contributed by atoms with Gasteiger partial charge >= 0.3 is 6.09 Å². The van der Waals surface area contributed by atoms with Crippen LogP contribution in [-0.2, 0) is 9.53 Å². The lowest BCUT2D eigenvalue weighted by Crippen LogP contribution is -2.38. The van der Waals surface area contributed by atoms with Crippen molar-refractivity contribution in [2.45, 2.75) is 40.2 Å². The Morgan fingerprint density at radius 3 is 2.17 bits per heavy atom. The molecule has 0 aliphatic carbocycles. The molecule has 130 valence electrons. The molecule has 0 aromatic heterocycles. The van der Waals surface area contributed by atoms with Crippen molar-refractivity contribution in [2.75, 3.05) is 19.1 Å². The molecule has 0 atom stereocenters. The van der Waals surface area contributed by atoms with Crippen molar-refractivity contribution in [2.24, 2.45) is 0 Å². The highest BCUT2D eigenvalue weighted by atomic mass is 16.6. The predicted octanol–water partition coefficient (Wildman–Crippen LogP) is 3.78. The van der Waals surface area contributed by atoms with Crippen molar-refractivity contribution in [1.29, 1.82) is 0 Å². The highest BCUT2D eigenvalue weighted by Gasteiger charge is 2.42. The first-order valence-electron chi connectivity index (χ1n) is 7.62. The van der Waals surface area contributed by atoms with Crippen LogP contribution in [0.3, 0.4) is 0 Å². The number of rotatable bonds is 2. The van der Waals surface area contributed by atoms with Crippen LogP contribution in [0.5, 0.6) is 11.5 Å². The first kappa shape index (κ1) is 17.8. The van der Waals surface area contributed by atoms with Crippen molar-refractivity contribution < 1.29 is 23.8 Å². The molecule has 2 amide bonds. The first-order chi connectivity index (χ1) is 11.1. The molecule has 1 aliphatic rings. The second-order valence-corrected chi connectivity index (χ2v) is 6.69. The topological polar surface area (TPSA) is 65.1 Å². The van der Waals surface area contributed by atoms with Gasteiger partial charge in [-0.05, 0) is 46.8 Å². The van der Waals surface area contributed by atoms with Crippen LogP contribution in [0.2, 0.25) is 0 Å². The summed E-state index contributed by atoms with van der Waals surface area (Å²) >= 11 is 0. The number of allylic oxidation sites excluding steroid dienone is 1. The van der Waals surface area contributed by atoms with Crippen LogP contribution < -0.4 is 14.4 Å². The van der Waals surface area contributed by atoms with Gasteiger partial charge < -0.3 is 14.2 Å². The third-order valence-corrected chi connectivity index (χ3v) is 3.51. The van der Waals surface area contributed by atoms with E-state index in [9.17, 15) is 9.59 Å². The van der Waals surface area contributed by atoms with Gasteiger partial charge in [-0.3, -0.25) is 4.79 Å². The van der Waals surface area contributed by atoms with Gasteiger partial charge in [-0.25, -0.2) is 9.69 Å². The van der Waals surface area contributed by atoms with Gasteiger partial charge in [0.05, 0.1) is 14.2 Å². The summed E-state index contributed by atoms with van der Waals surface area (Å²) in [5, 5.41) is 0. The fourth-order valence-corrected chi connectivity index (χ4v) is 2.63. The third kappa shape index (κ3) is 2.96. The van der Waals surface area contributed by atoms with E-state index < -0.39 is 17.6 Å². The smallest absolute Gasteiger partial charge is 0.422 e. The zero-order valence-electron chi connectivity index (χ0n) is 15.1. The fourth-order valence-electron chi connectivity index (χ4n) is 2.63. The summed E-state index contributed by atoms with van der Waals surface area (Å²) in [5.74, 6) is 0.337. The van der Waals surface area contributed by atoms with Gasteiger partial charge in [-0.1, -0.05) is 5.57 Å². The normalized spacial score (nSPS) is 13.7. The van der Waals surface area contributed by atoms with Crippen molar-refractivity contribution in [3.8, 4) is 11.5 Å². The number of imide groups is 1. The Hall–Kier alpha value is -2.50. The monoisotopic (exact) mass is 333 g/mol. The standard InChI is InChI=1S/C18H23NO5/c1-10(2)13-11-8-9-12(22-6)15(23-7)14(11)19(16(13)20)17(21)24-18(3,4)5/h8-9H,1-7H3. The molecule has 1 heterocycles. The van der Waals surface area contributed by atoms with Crippen molar-refractivity contribution in [3.05, 3.63) is 23.3 Å². The molecule has 0 bridgehead atoms. The van der Waals surface area contributed by atoms with Gasteiger partial charge in [0.1, 0.15) is 11.3 Å². The second kappa shape index (κ2) is 6.19. The van der Waals surface area contributed by atoms with Crippen LogP contribution in [0.4, 0.5) is 10.5 Å². The van der Waals surface area contributed by atoms with Crippen LogP contribution >= 0.6 is 0 Å². The summed E-state index contributed by atoms with van der Waals surface area (Å²) in [5.41, 5.74) is 1.53. The van der Waals surface area contributed by atoms with Crippen LogP contribution in [0.25, 0.3) is 5.57 Å². The lowest BCUT2D eigenvalue weighted by molar-refractivity contribution is -0.112. The van der Waals surface area contributed by atoms with Crippen LogP contribution in [0.15, 0.2) is 17.7 Å². The number of ether oxygens (including phenoxy) is 3. The molecule has 24 heavy (non-hydrogen) atoms. The summed E-state index contributed by atoms with van der Waals surface area (Å²) in [7, 11) is 2.97. The van der Waals surface area contributed by atoms with Crippen molar-refractivity contribution in [1.82, 2.24) is 0 Å². The quantitative estimate of drug-likeness (QED) is 0.771. The largest absolute Gasteiger partial charge is 0.493 e. The molecular weight excluding hydrogens is 310 g/mol. The summed E-state index contributed by atoms with van der Waals surface area (Å²) in [6.45, 7) is 8.89. The summed E-state index contributed by atoms with van der Waals surface area (Å²) in [6, 6.07) is 3.47. The second-order valence-electron chi connectivity index (χ2n) is 6.69. The highest BCUT2D eigenvalue weighted by Crippen LogP contribution is 2.49. The number of methoxy groups -OCH3 is 2. The Bertz CT molecular complexity index is 724. The average Bonchev–Trinajstić information content (AvgIpc) is 2.76. The molecule has 0 spiro atoms. The number of amides is 2. The SMILES string of the molecule is COc1ccc2c(c1OC)N(C(=O)OC(C)(C)C)C(=O)C2=C(C)C. The number of hydrogen-bond acceptors (Lipinski definition) is 5. The summed E-state index contributed by atoms with van der Waals surface area (Å²) in [4.78, 5) is 26.5. The van der Waals surface area contributed by atoms with E-state index in [-0.39, 0.29) is 0 Å². The Labute approximate surface area is 142 Å². The van der Waals surface area contributed by atoms with E-state index in [0.717, 1.165) is 10.5 Å². The van der Waals surface area contributed by atoms with E-state index in [1.807, 2.05) is 13.8 Å². The Kier molecular flexibility index (Phi) is 4.60. The molecule has 6 heteroatoms. The molecule has 0 unspecified atom stereocenters. The van der Waals surface area contributed by atoms with Gasteiger partial charge in [-0.2, -0.15) is 0 Å². The number of benzene rings is 1. The lowest BCUT2D eigenvalue weighted by Gasteiger charge is -2.24. The molecule has 0 fully saturated rings. The highest BCUT2D eigenvalue weighted by molar-refractivity contribution is 6.40. The molecule has 6 nitrogen and oxygen atoms in total. The maximum Gasteiger partial charge on any atom is 0.422 e. The maximum atomic E-state index is 12.9. The van der Waals surface area contributed by atoms with Crippen LogP contribution in [0.1, 0.15) is 40.2 Å². The third-order valence-electron chi connectivity index (χ3n) is 3.51. The first-order valence-corrected chi connectivity index (χ1v) is 7.62. The predicted molar refractivity (Wildman–Crippen MR) is 91.5 cm³/mol. The van der Waals surface area contributed by atoms with Crippen LogP contribution in [-0.4, -0.2) is 31.8 Å². The Morgan fingerprint density at radius 1 is 1.08 bits per heavy atom. The molecule has 0 N–H and O–H groups in total. The summed E-state index contributed by atoms with van der Waals surface area (Å²) < 4.78 is 16.1. The van der Waals surface area contributed by atoms with E-state index >= 15 is 0 Å². The van der Waals surface area contributed by atoms with E-state index in [1.54, 1.807) is 32.9 Å². The Morgan fingerprint density at radius 2 is 1.71 bits per heavy atom. The number of fused-ring (bicyclic) bond motifs is 1. The van der Waals surface area contributed by atoms with Crippen molar-refractivity contribution >= 4 is 23.3 Å². The molecule has 0 radical (unpaired) electrons. The minimum atomic E-state index is -0.739. The van der Waals surface area contributed by atoms with Crippen molar-refractivity contribution in [3.63, 3.8) is 0 Å². The number of carbonyl (C=O) groups is 2. The molecule has 1 aliphatic heterocycles. The zero-order chi connectivity index (χ0) is 18.2. The maximum absolute atomic E-state index is 12.9. The number of carbonyl (C=O) groups excluding carboxylic acids is 2. The lowest BCUT2D eigenvalue weighted by atomic mass is 10.0. The van der Waals surface area contributed by atoms with Gasteiger partial charge in [0.25, 0.3) is 5.91 Å². The van der Waals surface area contributed by atoms with E-state index in [0.29, 0.717) is 28.3 Å². The number of hydrogen-bond donors (Lipinski definition) is 0. The van der Waals surface area contributed by atoms with Gasteiger partial charge in [0.15, 0.2) is 11.5 Å². The molecule has 2 rings (SSSR count). The molecular formula is C18H23NO5. The van der Waals surface area contributed by atoms with Gasteiger partial charge in [0, 0.05) is 11.1 Å². The van der Waals surface area contributed by atoms with Gasteiger partial charge in [0.2, 0.25) is 0 Å². The molecule has 0 saturated heterocycles.